The summed E-state index contributed by atoms with van der Waals surface area (Å²) in [5.74, 6) is 0.751. The first-order valence-electron chi connectivity index (χ1n) is 8.08. The van der Waals surface area contributed by atoms with Gasteiger partial charge in [0.15, 0.2) is 5.13 Å². The summed E-state index contributed by atoms with van der Waals surface area (Å²) < 4.78 is 0. The molecule has 0 atom stereocenters. The molecule has 3 fully saturated rings. The van der Waals surface area contributed by atoms with Gasteiger partial charge < -0.3 is 15.1 Å². The second-order valence-electron chi connectivity index (χ2n) is 6.22. The molecule has 2 aliphatic heterocycles. The average Bonchev–Trinajstić information content (AvgIpc) is 3.05. The van der Waals surface area contributed by atoms with E-state index in [-0.39, 0.29) is 5.91 Å². The van der Waals surface area contributed by atoms with E-state index < -0.39 is 0 Å². The van der Waals surface area contributed by atoms with Crippen LogP contribution in [0.2, 0.25) is 0 Å². The van der Waals surface area contributed by atoms with Crippen LogP contribution in [0.3, 0.4) is 0 Å². The topological polar surface area (TPSA) is 48.5 Å². The average molecular weight is 306 g/mol. The normalized spacial score (nSPS) is 22.9. The second kappa shape index (κ2) is 5.57. The fourth-order valence-electron chi connectivity index (χ4n) is 3.16. The summed E-state index contributed by atoms with van der Waals surface area (Å²) >= 11 is 1.63. The van der Waals surface area contributed by atoms with Gasteiger partial charge in [0, 0.05) is 45.2 Å². The predicted molar refractivity (Wildman–Crippen MR) is 84.3 cm³/mol. The Kier molecular flexibility index (Phi) is 3.59. The van der Waals surface area contributed by atoms with E-state index in [1.165, 1.54) is 25.7 Å². The smallest absolute Gasteiger partial charge is 0.266 e. The molecule has 4 rings (SSSR count). The molecule has 3 aliphatic rings. The number of carbonyl (C=O) groups is 1. The molecule has 1 N–H and O–H groups in total. The second-order valence-corrected chi connectivity index (χ2v) is 7.20. The molecule has 2 saturated heterocycles. The highest BCUT2D eigenvalue weighted by Gasteiger charge is 2.34. The van der Waals surface area contributed by atoms with Crippen LogP contribution in [0.15, 0.2) is 0 Å². The summed E-state index contributed by atoms with van der Waals surface area (Å²) in [6.45, 7) is 5.64. The molecule has 0 spiro atoms. The number of thiazole rings is 1. The van der Waals surface area contributed by atoms with Gasteiger partial charge >= 0.3 is 0 Å². The minimum Gasteiger partial charge on any atom is -0.348 e. The number of rotatable bonds is 3. The van der Waals surface area contributed by atoms with Crippen molar-refractivity contribution in [1.82, 2.24) is 15.2 Å². The van der Waals surface area contributed by atoms with Gasteiger partial charge in [0.05, 0.1) is 5.69 Å². The molecule has 0 aromatic carbocycles. The third-order valence-electron chi connectivity index (χ3n) is 4.58. The molecule has 0 bridgehead atoms. The van der Waals surface area contributed by atoms with Crippen molar-refractivity contribution in [3.63, 3.8) is 0 Å². The van der Waals surface area contributed by atoms with Crippen LogP contribution in [-0.4, -0.2) is 55.1 Å². The van der Waals surface area contributed by atoms with Gasteiger partial charge in [-0.05, 0) is 25.7 Å². The first-order chi connectivity index (χ1) is 10.3. The fraction of sp³-hybridized carbons (Fsp3) is 0.733. The molecule has 0 radical (unpaired) electrons. The molecule has 3 heterocycles. The molecule has 5 nitrogen and oxygen atoms in total. The lowest BCUT2D eigenvalue weighted by atomic mass is 10.2. The van der Waals surface area contributed by atoms with Crippen LogP contribution in [-0.2, 0) is 0 Å². The molecule has 1 amide bonds. The quantitative estimate of drug-likeness (QED) is 0.923. The van der Waals surface area contributed by atoms with E-state index in [2.05, 4.69) is 10.2 Å². The van der Waals surface area contributed by atoms with Crippen LogP contribution in [0.4, 0.5) is 5.13 Å². The maximum absolute atomic E-state index is 12.8. The largest absolute Gasteiger partial charge is 0.348 e. The van der Waals surface area contributed by atoms with Crippen LogP contribution in [0.25, 0.3) is 0 Å². The minimum atomic E-state index is 0.210. The van der Waals surface area contributed by atoms with Crippen LogP contribution in [0, 0.1) is 0 Å². The summed E-state index contributed by atoms with van der Waals surface area (Å²) in [6, 6.07) is 0. The standard InChI is InChI=1S/C15H22N4OS/c20-14(18-9-5-16-6-10-18)13-12(11-3-4-11)17-15(21-13)19-7-1-2-8-19/h11,16H,1-10H2. The number of carbonyl (C=O) groups excluding carboxylic acids is 1. The molecule has 1 aromatic heterocycles. The van der Waals surface area contributed by atoms with Crippen molar-refractivity contribution >= 4 is 22.4 Å². The van der Waals surface area contributed by atoms with Crippen LogP contribution in [0.5, 0.6) is 0 Å². The Labute approximate surface area is 129 Å². The fourth-order valence-corrected chi connectivity index (χ4v) is 4.33. The van der Waals surface area contributed by atoms with E-state index in [0.717, 1.165) is 55.0 Å². The summed E-state index contributed by atoms with van der Waals surface area (Å²) in [7, 11) is 0. The van der Waals surface area contributed by atoms with Crippen molar-refractivity contribution in [3.8, 4) is 0 Å². The van der Waals surface area contributed by atoms with Crippen LogP contribution in [0.1, 0.15) is 47.0 Å². The first kappa shape index (κ1) is 13.5. The number of amides is 1. The van der Waals surface area contributed by atoms with Crippen molar-refractivity contribution in [1.29, 1.82) is 0 Å². The van der Waals surface area contributed by atoms with Gasteiger partial charge in [0.1, 0.15) is 4.88 Å². The van der Waals surface area contributed by atoms with E-state index in [9.17, 15) is 4.79 Å². The molecule has 1 aromatic rings. The Hall–Kier alpha value is -1.14. The molecular weight excluding hydrogens is 284 g/mol. The number of nitrogens with one attached hydrogen (secondary N) is 1. The zero-order chi connectivity index (χ0) is 14.2. The Morgan fingerprint density at radius 1 is 1.14 bits per heavy atom. The highest BCUT2D eigenvalue weighted by molar-refractivity contribution is 7.17. The Morgan fingerprint density at radius 3 is 2.52 bits per heavy atom. The predicted octanol–water partition coefficient (Wildman–Crippen LogP) is 1.67. The monoisotopic (exact) mass is 306 g/mol. The lowest BCUT2D eigenvalue weighted by Gasteiger charge is -2.27. The third kappa shape index (κ3) is 2.66. The van der Waals surface area contributed by atoms with Gasteiger partial charge in [-0.3, -0.25) is 4.79 Å². The SMILES string of the molecule is O=C(c1sc(N2CCCC2)nc1C1CC1)N1CCNCC1. The number of anilines is 1. The van der Waals surface area contributed by atoms with Crippen molar-refractivity contribution in [2.45, 2.75) is 31.6 Å². The molecular formula is C15H22N4OS. The van der Waals surface area contributed by atoms with Crippen LogP contribution >= 0.6 is 11.3 Å². The van der Waals surface area contributed by atoms with E-state index in [0.29, 0.717) is 5.92 Å². The highest BCUT2D eigenvalue weighted by atomic mass is 32.1. The summed E-state index contributed by atoms with van der Waals surface area (Å²) in [5.41, 5.74) is 1.09. The van der Waals surface area contributed by atoms with Gasteiger partial charge in [0.25, 0.3) is 5.91 Å². The summed E-state index contributed by atoms with van der Waals surface area (Å²) in [5, 5.41) is 4.38. The van der Waals surface area contributed by atoms with E-state index >= 15 is 0 Å². The lowest BCUT2D eigenvalue weighted by Crippen LogP contribution is -2.46. The number of nitrogens with zero attached hydrogens (tertiary/aromatic N) is 3. The molecule has 0 unspecified atom stereocenters. The first-order valence-corrected chi connectivity index (χ1v) is 8.90. The maximum Gasteiger partial charge on any atom is 0.266 e. The van der Waals surface area contributed by atoms with Crippen molar-refractivity contribution in [2.75, 3.05) is 44.2 Å². The number of hydrogen-bond acceptors (Lipinski definition) is 5. The molecule has 1 saturated carbocycles. The molecule has 6 heteroatoms. The van der Waals surface area contributed by atoms with E-state index in [1.807, 2.05) is 4.90 Å². The molecule has 114 valence electrons. The van der Waals surface area contributed by atoms with Crippen molar-refractivity contribution < 1.29 is 4.79 Å². The summed E-state index contributed by atoms with van der Waals surface area (Å²) in [6.07, 6.45) is 4.90. The molecule has 1 aliphatic carbocycles. The van der Waals surface area contributed by atoms with Gasteiger partial charge in [-0.2, -0.15) is 0 Å². The number of aromatic nitrogens is 1. The maximum atomic E-state index is 12.8. The Morgan fingerprint density at radius 2 is 1.86 bits per heavy atom. The zero-order valence-corrected chi connectivity index (χ0v) is 13.1. The third-order valence-corrected chi connectivity index (χ3v) is 5.70. The Balaban J connectivity index is 1.61. The number of hydrogen-bond donors (Lipinski definition) is 1. The number of piperazine rings is 1. The highest BCUT2D eigenvalue weighted by Crippen LogP contribution is 2.44. The van der Waals surface area contributed by atoms with E-state index in [1.54, 1.807) is 11.3 Å². The minimum absolute atomic E-state index is 0.210. The Bertz CT molecular complexity index is 528. The zero-order valence-electron chi connectivity index (χ0n) is 12.3. The van der Waals surface area contributed by atoms with Gasteiger partial charge in [-0.15, -0.1) is 0 Å². The summed E-state index contributed by atoms with van der Waals surface area (Å²) in [4.78, 5) is 22.9. The van der Waals surface area contributed by atoms with Crippen molar-refractivity contribution in [3.05, 3.63) is 10.6 Å². The van der Waals surface area contributed by atoms with Crippen LogP contribution < -0.4 is 10.2 Å². The van der Waals surface area contributed by atoms with E-state index in [4.69, 9.17) is 4.98 Å². The van der Waals surface area contributed by atoms with Gasteiger partial charge in [-0.25, -0.2) is 4.98 Å². The lowest BCUT2D eigenvalue weighted by molar-refractivity contribution is 0.0739. The van der Waals surface area contributed by atoms with Gasteiger partial charge in [-0.1, -0.05) is 11.3 Å². The molecule has 21 heavy (non-hydrogen) atoms. The van der Waals surface area contributed by atoms with Crippen molar-refractivity contribution in [2.24, 2.45) is 0 Å². The van der Waals surface area contributed by atoms with Gasteiger partial charge in [0.2, 0.25) is 0 Å².